The molecule has 0 N–H and O–H groups in total. The van der Waals surface area contributed by atoms with E-state index in [2.05, 4.69) is 74.5 Å². The zero-order valence-corrected chi connectivity index (χ0v) is 18.4. The number of unbranched alkanes of at least 4 members (excludes halogenated alkanes) is 7. The van der Waals surface area contributed by atoms with Crippen molar-refractivity contribution in [3.63, 3.8) is 0 Å². The zero-order chi connectivity index (χ0) is 19.9. The van der Waals surface area contributed by atoms with E-state index in [1.165, 1.54) is 77.0 Å². The number of benzene rings is 2. The Hall–Kier alpha value is -1.56. The molecule has 0 spiro atoms. The standard InChI is InChI=1S/C28H42/c1-3-5-7-9-13-23-28(26-20-16-11-17-21-26)24-27(22-12-8-6-4-2)25-18-14-10-15-19-25/h10-11,14-21,27-28H,3-9,12-13,22-24H2,1-2H3. The van der Waals surface area contributed by atoms with E-state index in [0.29, 0.717) is 11.8 Å². The second kappa shape index (κ2) is 14.4. The average molecular weight is 379 g/mol. The summed E-state index contributed by atoms with van der Waals surface area (Å²) in [6.07, 6.45) is 16.3. The Bertz CT molecular complexity index is 586. The molecule has 0 aliphatic rings. The summed E-state index contributed by atoms with van der Waals surface area (Å²) in [5.41, 5.74) is 3.10. The van der Waals surface area contributed by atoms with Crippen LogP contribution < -0.4 is 0 Å². The third kappa shape index (κ3) is 8.63. The van der Waals surface area contributed by atoms with Crippen molar-refractivity contribution < 1.29 is 0 Å². The highest BCUT2D eigenvalue weighted by Gasteiger charge is 2.19. The van der Waals surface area contributed by atoms with Gasteiger partial charge in [-0.2, -0.15) is 0 Å². The number of hydrogen-bond donors (Lipinski definition) is 0. The first kappa shape index (κ1) is 22.7. The Kier molecular flexibility index (Phi) is 11.7. The van der Waals surface area contributed by atoms with Crippen molar-refractivity contribution in [2.45, 2.75) is 103 Å². The van der Waals surface area contributed by atoms with Gasteiger partial charge >= 0.3 is 0 Å². The van der Waals surface area contributed by atoms with Crippen molar-refractivity contribution in [2.75, 3.05) is 0 Å². The van der Waals surface area contributed by atoms with Crippen LogP contribution in [-0.2, 0) is 0 Å². The Labute approximate surface area is 174 Å². The second-order valence-electron chi connectivity index (χ2n) is 8.50. The Balaban J connectivity index is 2.04. The van der Waals surface area contributed by atoms with E-state index in [9.17, 15) is 0 Å². The molecule has 2 aromatic rings. The van der Waals surface area contributed by atoms with E-state index in [1.807, 2.05) is 0 Å². The van der Waals surface area contributed by atoms with E-state index in [1.54, 1.807) is 11.1 Å². The molecular formula is C28H42. The molecule has 0 nitrogen and oxygen atoms in total. The smallest absolute Gasteiger partial charge is 0.0156 e. The molecule has 2 rings (SSSR count). The van der Waals surface area contributed by atoms with Gasteiger partial charge in [0.2, 0.25) is 0 Å². The maximum absolute atomic E-state index is 2.36. The summed E-state index contributed by atoms with van der Waals surface area (Å²) < 4.78 is 0. The van der Waals surface area contributed by atoms with Crippen molar-refractivity contribution >= 4 is 0 Å². The minimum Gasteiger partial charge on any atom is -0.0654 e. The van der Waals surface area contributed by atoms with E-state index in [4.69, 9.17) is 0 Å². The molecule has 2 atom stereocenters. The van der Waals surface area contributed by atoms with Crippen LogP contribution in [0, 0.1) is 0 Å². The molecule has 0 radical (unpaired) electrons. The van der Waals surface area contributed by atoms with Crippen LogP contribution in [0.5, 0.6) is 0 Å². The van der Waals surface area contributed by atoms with Crippen LogP contribution in [0.25, 0.3) is 0 Å². The average Bonchev–Trinajstić information content (AvgIpc) is 2.75. The quantitative estimate of drug-likeness (QED) is 0.271. The first-order valence-corrected chi connectivity index (χ1v) is 11.9. The summed E-state index contributed by atoms with van der Waals surface area (Å²) in [5, 5.41) is 0. The molecule has 0 aromatic heterocycles. The summed E-state index contributed by atoms with van der Waals surface area (Å²) in [6.45, 7) is 4.61. The topological polar surface area (TPSA) is 0 Å². The van der Waals surface area contributed by atoms with Crippen molar-refractivity contribution in [1.29, 1.82) is 0 Å². The third-order valence-electron chi connectivity index (χ3n) is 6.17. The first-order chi connectivity index (χ1) is 13.8. The van der Waals surface area contributed by atoms with Crippen LogP contribution in [0.4, 0.5) is 0 Å². The van der Waals surface area contributed by atoms with Gasteiger partial charge < -0.3 is 0 Å². The van der Waals surface area contributed by atoms with Crippen LogP contribution in [0.2, 0.25) is 0 Å². The van der Waals surface area contributed by atoms with Gasteiger partial charge in [0.05, 0.1) is 0 Å². The molecule has 0 bridgehead atoms. The maximum atomic E-state index is 2.36. The summed E-state index contributed by atoms with van der Waals surface area (Å²) in [5.74, 6) is 1.39. The van der Waals surface area contributed by atoms with E-state index < -0.39 is 0 Å². The molecule has 0 amide bonds. The fraction of sp³-hybridized carbons (Fsp3) is 0.571. The molecule has 0 aliphatic carbocycles. The Morgan fingerprint density at radius 3 is 1.32 bits per heavy atom. The minimum atomic E-state index is 0.693. The maximum Gasteiger partial charge on any atom is -0.0156 e. The lowest BCUT2D eigenvalue weighted by molar-refractivity contribution is 0.447. The van der Waals surface area contributed by atoms with Gasteiger partial charge in [-0.05, 0) is 42.2 Å². The highest BCUT2D eigenvalue weighted by atomic mass is 14.2. The lowest BCUT2D eigenvalue weighted by atomic mass is 9.80. The highest BCUT2D eigenvalue weighted by molar-refractivity contribution is 5.23. The van der Waals surface area contributed by atoms with Crippen LogP contribution >= 0.6 is 0 Å². The van der Waals surface area contributed by atoms with Crippen molar-refractivity contribution in [3.8, 4) is 0 Å². The molecule has 0 saturated heterocycles. The molecule has 0 heteroatoms. The molecule has 2 aromatic carbocycles. The SMILES string of the molecule is CCCCCCCC(CC(CCCCCC)c1ccccc1)c1ccccc1. The molecule has 0 fully saturated rings. The minimum absolute atomic E-state index is 0.693. The lowest BCUT2D eigenvalue weighted by Crippen LogP contribution is -2.08. The van der Waals surface area contributed by atoms with E-state index >= 15 is 0 Å². The van der Waals surface area contributed by atoms with E-state index in [-0.39, 0.29) is 0 Å². The highest BCUT2D eigenvalue weighted by Crippen LogP contribution is 2.36. The van der Waals surface area contributed by atoms with Gasteiger partial charge in [0.15, 0.2) is 0 Å². The molecular weight excluding hydrogens is 336 g/mol. The normalized spacial score (nSPS) is 13.4. The van der Waals surface area contributed by atoms with Gasteiger partial charge in [-0.15, -0.1) is 0 Å². The molecule has 0 heterocycles. The lowest BCUT2D eigenvalue weighted by Gasteiger charge is -2.25. The fourth-order valence-corrected chi connectivity index (χ4v) is 4.45. The molecule has 0 saturated carbocycles. The van der Waals surface area contributed by atoms with Crippen LogP contribution in [0.15, 0.2) is 60.7 Å². The number of hydrogen-bond acceptors (Lipinski definition) is 0. The Morgan fingerprint density at radius 1 is 0.500 bits per heavy atom. The summed E-state index contributed by atoms with van der Waals surface area (Å²) >= 11 is 0. The second-order valence-corrected chi connectivity index (χ2v) is 8.50. The predicted molar refractivity (Wildman–Crippen MR) is 125 cm³/mol. The van der Waals surface area contributed by atoms with Gasteiger partial charge in [0.25, 0.3) is 0 Å². The van der Waals surface area contributed by atoms with E-state index in [0.717, 1.165) is 0 Å². The van der Waals surface area contributed by atoms with Gasteiger partial charge in [-0.25, -0.2) is 0 Å². The van der Waals surface area contributed by atoms with Crippen LogP contribution in [-0.4, -0.2) is 0 Å². The van der Waals surface area contributed by atoms with Gasteiger partial charge in [-0.3, -0.25) is 0 Å². The van der Waals surface area contributed by atoms with Crippen molar-refractivity contribution in [1.82, 2.24) is 0 Å². The zero-order valence-electron chi connectivity index (χ0n) is 18.4. The van der Waals surface area contributed by atoms with Crippen LogP contribution in [0.1, 0.15) is 114 Å². The van der Waals surface area contributed by atoms with Crippen molar-refractivity contribution in [2.24, 2.45) is 0 Å². The van der Waals surface area contributed by atoms with Crippen molar-refractivity contribution in [3.05, 3.63) is 71.8 Å². The summed E-state index contributed by atoms with van der Waals surface area (Å²) in [7, 11) is 0. The van der Waals surface area contributed by atoms with Gasteiger partial charge in [0, 0.05) is 0 Å². The summed E-state index contributed by atoms with van der Waals surface area (Å²) in [6, 6.07) is 22.6. The summed E-state index contributed by atoms with van der Waals surface area (Å²) in [4.78, 5) is 0. The molecule has 154 valence electrons. The van der Waals surface area contributed by atoms with Crippen LogP contribution in [0.3, 0.4) is 0 Å². The Morgan fingerprint density at radius 2 is 0.893 bits per heavy atom. The molecule has 28 heavy (non-hydrogen) atoms. The molecule has 0 aliphatic heterocycles. The first-order valence-electron chi connectivity index (χ1n) is 11.9. The third-order valence-corrected chi connectivity index (χ3v) is 6.17. The fourth-order valence-electron chi connectivity index (χ4n) is 4.45. The predicted octanol–water partition coefficient (Wildman–Crippen LogP) is 9.28. The van der Waals surface area contributed by atoms with Gasteiger partial charge in [0.1, 0.15) is 0 Å². The number of rotatable bonds is 15. The monoisotopic (exact) mass is 378 g/mol. The largest absolute Gasteiger partial charge is 0.0654 e. The molecule has 2 unspecified atom stereocenters. The van der Waals surface area contributed by atoms with Gasteiger partial charge in [-0.1, -0.05) is 132 Å².